The van der Waals surface area contributed by atoms with E-state index in [1.807, 2.05) is 13.8 Å². The number of carbonyl (C=O) groups excluding carboxylic acids is 3. The third kappa shape index (κ3) is 4.45. The number of cyclic esters (lactones) is 1. The number of rotatable bonds is 6. The van der Waals surface area contributed by atoms with Gasteiger partial charge in [0.2, 0.25) is 0 Å². The molecule has 39 heavy (non-hydrogen) atoms. The first kappa shape index (κ1) is 27.4. The first-order valence-electron chi connectivity index (χ1n) is 12.9. The van der Waals surface area contributed by atoms with Crippen molar-refractivity contribution in [1.82, 2.24) is 0 Å². The molecule has 10 nitrogen and oxygen atoms in total. The summed E-state index contributed by atoms with van der Waals surface area (Å²) in [6.07, 6.45) is 1.88. The van der Waals surface area contributed by atoms with Gasteiger partial charge in [-0.25, -0.2) is 0 Å². The quantitative estimate of drug-likeness (QED) is 0.379. The van der Waals surface area contributed by atoms with Gasteiger partial charge in [-0.05, 0) is 66.8 Å². The number of benzene rings is 1. The molecule has 0 spiro atoms. The predicted octanol–water partition coefficient (Wildman–Crippen LogP) is 3.85. The minimum atomic E-state index is -4.37. The fraction of sp³-hybridized carbons (Fsp3) is 0.536. The van der Waals surface area contributed by atoms with Crippen molar-refractivity contribution in [2.75, 3.05) is 14.2 Å². The molecule has 2 heterocycles. The number of hydrogen-bond acceptors (Lipinski definition) is 10. The molecule has 11 heteroatoms. The number of ether oxygens (including phenoxy) is 3. The Labute approximate surface area is 227 Å². The molecule has 1 aliphatic heterocycles. The largest absolute Gasteiger partial charge is 0.497 e. The number of Topliss-reactive ketones (excluding diaryl/α,β-unsaturated/α-hetero) is 1. The molecule has 7 atom stereocenters. The standard InChI is InChI=1S/C28H32O10S/c1-27-11-9-19-26(31)37-22(16-10-12-36-15-16)14-28(19,2)24(27)23(29)21(13-20(27)25(30)35-4)38-39(32,33)18-7-5-17(34-3)6-8-18/h5-8,10,12,15,19-22,24H,9,11,13-14H2,1-4H3/t19-,20-,21-,22-,24-,27-,28-/m0/s1. The molecule has 1 saturated heterocycles. The molecular formula is C28H32O10S. The monoisotopic (exact) mass is 560 g/mol. The summed E-state index contributed by atoms with van der Waals surface area (Å²) in [5, 5.41) is 0. The lowest BCUT2D eigenvalue weighted by Gasteiger charge is -2.61. The lowest BCUT2D eigenvalue weighted by atomic mass is 9.43. The van der Waals surface area contributed by atoms with E-state index in [1.165, 1.54) is 51.0 Å². The highest BCUT2D eigenvalue weighted by Crippen LogP contribution is 2.65. The van der Waals surface area contributed by atoms with Crippen LogP contribution in [-0.2, 0) is 38.2 Å². The molecule has 2 aromatic rings. The summed E-state index contributed by atoms with van der Waals surface area (Å²) < 4.78 is 53.2. The van der Waals surface area contributed by atoms with Crippen molar-refractivity contribution in [3.63, 3.8) is 0 Å². The fourth-order valence-electron chi connectivity index (χ4n) is 7.19. The normalized spacial score (nSPS) is 34.4. The van der Waals surface area contributed by atoms with Gasteiger partial charge in [-0.15, -0.1) is 0 Å². The van der Waals surface area contributed by atoms with Crippen LogP contribution in [0.25, 0.3) is 0 Å². The highest BCUT2D eigenvalue weighted by atomic mass is 32.2. The molecule has 0 radical (unpaired) electrons. The summed E-state index contributed by atoms with van der Waals surface area (Å²) >= 11 is 0. The van der Waals surface area contributed by atoms with Crippen LogP contribution in [0.1, 0.15) is 51.2 Å². The Kier molecular flexibility index (Phi) is 6.87. The Morgan fingerprint density at radius 3 is 2.38 bits per heavy atom. The van der Waals surface area contributed by atoms with Gasteiger partial charge in [0, 0.05) is 11.5 Å². The molecule has 2 saturated carbocycles. The van der Waals surface area contributed by atoms with E-state index in [4.69, 9.17) is 22.8 Å². The Morgan fingerprint density at radius 2 is 1.77 bits per heavy atom. The van der Waals surface area contributed by atoms with Crippen molar-refractivity contribution in [3.8, 4) is 5.75 Å². The van der Waals surface area contributed by atoms with E-state index in [9.17, 15) is 22.8 Å². The van der Waals surface area contributed by atoms with Gasteiger partial charge in [0.05, 0.1) is 43.5 Å². The molecule has 3 aliphatic rings. The zero-order valence-electron chi connectivity index (χ0n) is 22.2. The maximum absolute atomic E-state index is 14.3. The van der Waals surface area contributed by atoms with E-state index in [1.54, 1.807) is 6.07 Å². The van der Waals surface area contributed by atoms with Crippen molar-refractivity contribution in [1.29, 1.82) is 0 Å². The summed E-state index contributed by atoms with van der Waals surface area (Å²) in [4.78, 5) is 40.5. The van der Waals surface area contributed by atoms with Crippen LogP contribution in [0, 0.1) is 28.6 Å². The Morgan fingerprint density at radius 1 is 1.05 bits per heavy atom. The first-order valence-corrected chi connectivity index (χ1v) is 14.3. The summed E-state index contributed by atoms with van der Waals surface area (Å²) in [6.45, 7) is 3.72. The second kappa shape index (κ2) is 9.78. The maximum Gasteiger partial charge on any atom is 0.310 e. The van der Waals surface area contributed by atoms with Crippen molar-refractivity contribution in [3.05, 3.63) is 48.4 Å². The molecule has 0 bridgehead atoms. The van der Waals surface area contributed by atoms with Crippen LogP contribution in [0.3, 0.4) is 0 Å². The average molecular weight is 561 g/mol. The first-order chi connectivity index (χ1) is 18.4. The smallest absolute Gasteiger partial charge is 0.310 e. The number of hydrogen-bond donors (Lipinski definition) is 0. The van der Waals surface area contributed by atoms with Crippen LogP contribution in [-0.4, -0.2) is 46.5 Å². The van der Waals surface area contributed by atoms with Crippen LogP contribution in [0.4, 0.5) is 0 Å². The third-order valence-corrected chi connectivity index (χ3v) is 10.4. The van der Waals surface area contributed by atoms with Gasteiger partial charge < -0.3 is 18.6 Å². The molecule has 5 rings (SSSR count). The van der Waals surface area contributed by atoms with Gasteiger partial charge in [0.25, 0.3) is 10.1 Å². The summed E-state index contributed by atoms with van der Waals surface area (Å²) in [7, 11) is -1.65. The minimum absolute atomic E-state index is 0.145. The van der Waals surface area contributed by atoms with Gasteiger partial charge in [0.1, 0.15) is 18.0 Å². The van der Waals surface area contributed by atoms with Crippen LogP contribution in [0.2, 0.25) is 0 Å². The van der Waals surface area contributed by atoms with Crippen molar-refractivity contribution < 1.29 is 45.6 Å². The summed E-state index contributed by atoms with van der Waals surface area (Å²) in [5.74, 6) is -3.22. The fourth-order valence-corrected chi connectivity index (χ4v) is 8.25. The summed E-state index contributed by atoms with van der Waals surface area (Å²) in [5.41, 5.74) is -1.14. The Hall–Kier alpha value is -3.18. The van der Waals surface area contributed by atoms with Crippen molar-refractivity contribution in [2.24, 2.45) is 28.6 Å². The van der Waals surface area contributed by atoms with Crippen molar-refractivity contribution >= 4 is 27.8 Å². The molecule has 3 fully saturated rings. The van der Waals surface area contributed by atoms with Gasteiger partial charge in [-0.1, -0.05) is 13.8 Å². The Bertz CT molecular complexity index is 1370. The number of carbonyl (C=O) groups is 3. The highest BCUT2D eigenvalue weighted by Gasteiger charge is 2.67. The van der Waals surface area contributed by atoms with E-state index in [0.29, 0.717) is 30.6 Å². The molecule has 0 unspecified atom stereocenters. The SMILES string of the molecule is COC(=O)[C@@H]1C[C@H](OS(=O)(=O)c2ccc(OC)cc2)C(=O)[C@H]2[C@@]1(C)CC[C@H]1C(=O)O[C@H](c3ccoc3)C[C@]21C. The maximum atomic E-state index is 14.3. The zero-order valence-corrected chi connectivity index (χ0v) is 23.1. The number of furan rings is 1. The number of ketones is 1. The molecular weight excluding hydrogens is 528 g/mol. The lowest BCUT2D eigenvalue weighted by molar-refractivity contribution is -0.206. The Balaban J connectivity index is 1.55. The van der Waals surface area contributed by atoms with E-state index in [0.717, 1.165) is 0 Å². The molecule has 2 aliphatic carbocycles. The molecule has 1 aromatic heterocycles. The van der Waals surface area contributed by atoms with E-state index in [-0.39, 0.29) is 11.3 Å². The van der Waals surface area contributed by atoms with E-state index >= 15 is 0 Å². The number of esters is 2. The van der Waals surface area contributed by atoms with Gasteiger partial charge in [-0.2, -0.15) is 8.42 Å². The highest BCUT2D eigenvalue weighted by molar-refractivity contribution is 7.86. The number of fused-ring (bicyclic) bond motifs is 3. The molecule has 210 valence electrons. The van der Waals surface area contributed by atoms with Gasteiger partial charge in [-0.3, -0.25) is 18.6 Å². The van der Waals surface area contributed by atoms with Crippen LogP contribution >= 0.6 is 0 Å². The van der Waals surface area contributed by atoms with Crippen LogP contribution in [0.5, 0.6) is 5.75 Å². The average Bonchev–Trinajstić information content (AvgIpc) is 3.44. The second-order valence-electron chi connectivity index (χ2n) is 11.2. The van der Waals surface area contributed by atoms with Gasteiger partial charge in [0.15, 0.2) is 5.78 Å². The minimum Gasteiger partial charge on any atom is -0.497 e. The zero-order chi connectivity index (χ0) is 28.2. The number of methoxy groups -OCH3 is 2. The van der Waals surface area contributed by atoms with Crippen molar-refractivity contribution in [2.45, 2.75) is 56.6 Å². The molecule has 0 N–H and O–H groups in total. The topological polar surface area (TPSA) is 135 Å². The van der Waals surface area contributed by atoms with Gasteiger partial charge >= 0.3 is 11.9 Å². The predicted molar refractivity (Wildman–Crippen MR) is 135 cm³/mol. The van der Waals surface area contributed by atoms with Crippen LogP contribution in [0.15, 0.2) is 52.2 Å². The lowest BCUT2D eigenvalue weighted by Crippen LogP contribution is -2.64. The second-order valence-corrected chi connectivity index (χ2v) is 12.7. The molecule has 1 aromatic carbocycles. The third-order valence-electron chi connectivity index (χ3n) is 9.09. The summed E-state index contributed by atoms with van der Waals surface area (Å²) in [6, 6.07) is 7.31. The van der Waals surface area contributed by atoms with Crippen LogP contribution < -0.4 is 4.74 Å². The van der Waals surface area contributed by atoms with E-state index in [2.05, 4.69) is 0 Å². The molecule has 0 amide bonds. The van der Waals surface area contributed by atoms with E-state index < -0.39 is 68.6 Å².